The second kappa shape index (κ2) is 6.00. The van der Waals surface area contributed by atoms with Gasteiger partial charge in [0.2, 0.25) is 0 Å². The van der Waals surface area contributed by atoms with E-state index in [1.807, 2.05) is 0 Å². The van der Waals surface area contributed by atoms with Gasteiger partial charge < -0.3 is 13.9 Å². The summed E-state index contributed by atoms with van der Waals surface area (Å²) in [7, 11) is 0. The van der Waals surface area contributed by atoms with Crippen molar-refractivity contribution >= 4 is 23.2 Å². The summed E-state index contributed by atoms with van der Waals surface area (Å²) in [4.78, 5) is 11.8. The first-order valence-electron chi connectivity index (χ1n) is 6.29. The number of hydrogen-bond donors (Lipinski definition) is 1. The van der Waals surface area contributed by atoms with Crippen molar-refractivity contribution in [2.75, 3.05) is 0 Å². The monoisotopic (exact) mass is 340 g/mol. The van der Waals surface area contributed by atoms with E-state index in [0.717, 1.165) is 4.68 Å². The summed E-state index contributed by atoms with van der Waals surface area (Å²) in [5.41, 5.74) is 0.406. The predicted octanol–water partition coefficient (Wildman–Crippen LogP) is 3.14. The molecule has 0 aliphatic rings. The van der Waals surface area contributed by atoms with Crippen LogP contribution in [-0.2, 0) is 6.54 Å². The van der Waals surface area contributed by atoms with Gasteiger partial charge in [-0.3, -0.25) is 0 Å². The first-order valence-corrected chi connectivity index (χ1v) is 7.05. The molecule has 8 heteroatoms. The number of halogens is 2. The molecule has 0 aliphatic carbocycles. The van der Waals surface area contributed by atoms with Gasteiger partial charge in [0, 0.05) is 15.6 Å². The van der Waals surface area contributed by atoms with Gasteiger partial charge >= 0.3 is 5.76 Å². The second-order valence-electron chi connectivity index (χ2n) is 4.51. The third-order valence-electron chi connectivity index (χ3n) is 3.00. The number of aromatic nitrogens is 2. The summed E-state index contributed by atoms with van der Waals surface area (Å²) in [5.74, 6) is -0.339. The summed E-state index contributed by atoms with van der Waals surface area (Å²) in [6.07, 6.45) is 0.382. The van der Waals surface area contributed by atoms with E-state index in [1.165, 1.54) is 12.3 Å². The molecular weight excluding hydrogens is 331 g/mol. The largest absolute Gasteiger partial charge is 0.459 e. The molecule has 0 spiro atoms. The maximum Gasteiger partial charge on any atom is 0.437 e. The quantitative estimate of drug-likeness (QED) is 0.788. The fraction of sp³-hybridized carbons (Fsp3) is 0.143. The van der Waals surface area contributed by atoms with E-state index >= 15 is 0 Å². The van der Waals surface area contributed by atoms with Crippen molar-refractivity contribution in [1.29, 1.82) is 0 Å². The zero-order chi connectivity index (χ0) is 15.7. The number of rotatable bonds is 4. The molecule has 1 N–H and O–H groups in total. The Morgan fingerprint density at radius 3 is 2.86 bits per heavy atom. The van der Waals surface area contributed by atoms with Crippen molar-refractivity contribution in [2.24, 2.45) is 0 Å². The topological polar surface area (TPSA) is 81.4 Å². The number of hydrogen-bond acceptors (Lipinski definition) is 5. The van der Waals surface area contributed by atoms with Crippen LogP contribution >= 0.6 is 23.2 Å². The summed E-state index contributed by atoms with van der Waals surface area (Å²) in [6, 6.07) is 7.97. The molecule has 0 radical (unpaired) electrons. The zero-order valence-electron chi connectivity index (χ0n) is 11.1. The molecule has 114 valence electrons. The van der Waals surface area contributed by atoms with Crippen LogP contribution in [0.4, 0.5) is 0 Å². The third-order valence-corrected chi connectivity index (χ3v) is 3.58. The number of nitrogens with zero attached hydrogens (tertiary/aromatic N) is 2. The molecule has 1 aromatic carbocycles. The molecule has 0 saturated heterocycles. The lowest BCUT2D eigenvalue weighted by Gasteiger charge is -2.12. The van der Waals surface area contributed by atoms with Gasteiger partial charge in [0.25, 0.3) is 5.89 Å². The van der Waals surface area contributed by atoms with Gasteiger partial charge in [-0.2, -0.15) is 4.68 Å². The standard InChI is InChI=1S/C14H10Cl2N2O4/c15-8-3-4-10(16)9(6-8)11(19)7-18-14(20)22-13(17-18)12-2-1-5-21-12/h1-6,11,19H,7H2. The van der Waals surface area contributed by atoms with Gasteiger partial charge in [0.05, 0.1) is 12.8 Å². The van der Waals surface area contributed by atoms with Gasteiger partial charge in [0.15, 0.2) is 5.76 Å². The molecule has 3 aromatic rings. The van der Waals surface area contributed by atoms with E-state index in [4.69, 9.17) is 32.0 Å². The normalized spacial score (nSPS) is 12.5. The third kappa shape index (κ3) is 2.94. The van der Waals surface area contributed by atoms with Crippen LogP contribution in [0.3, 0.4) is 0 Å². The molecule has 3 rings (SSSR count). The minimum absolute atomic E-state index is 0.0411. The minimum atomic E-state index is -1.06. The average molecular weight is 341 g/mol. The van der Waals surface area contributed by atoms with Crippen LogP contribution in [0.5, 0.6) is 0 Å². The fourth-order valence-electron chi connectivity index (χ4n) is 1.95. The van der Waals surface area contributed by atoms with Crippen molar-refractivity contribution in [2.45, 2.75) is 12.6 Å². The van der Waals surface area contributed by atoms with E-state index in [-0.39, 0.29) is 12.4 Å². The number of aliphatic hydroxyl groups is 1. The summed E-state index contributed by atoms with van der Waals surface area (Å²) < 4.78 is 11.1. The Bertz CT molecular complexity index is 839. The maximum atomic E-state index is 11.8. The minimum Gasteiger partial charge on any atom is -0.459 e. The van der Waals surface area contributed by atoms with Crippen molar-refractivity contribution in [3.8, 4) is 11.7 Å². The smallest absolute Gasteiger partial charge is 0.437 e. The molecule has 0 saturated carbocycles. The number of aliphatic hydroxyl groups excluding tert-OH is 1. The zero-order valence-corrected chi connectivity index (χ0v) is 12.6. The SMILES string of the molecule is O=c1oc(-c2ccco2)nn1CC(O)c1cc(Cl)ccc1Cl. The Balaban J connectivity index is 1.87. The molecule has 2 aromatic heterocycles. The van der Waals surface area contributed by atoms with Gasteiger partial charge in [-0.05, 0) is 30.3 Å². The number of benzene rings is 1. The molecule has 0 fully saturated rings. The van der Waals surface area contributed by atoms with E-state index < -0.39 is 11.9 Å². The van der Waals surface area contributed by atoms with E-state index in [2.05, 4.69) is 5.10 Å². The second-order valence-corrected chi connectivity index (χ2v) is 5.36. The fourth-order valence-corrected chi connectivity index (χ4v) is 2.38. The Labute approximate surface area is 134 Å². The molecule has 1 atom stereocenters. The Hall–Kier alpha value is -2.02. The highest BCUT2D eigenvalue weighted by atomic mass is 35.5. The molecule has 0 bridgehead atoms. The first-order chi connectivity index (χ1) is 10.5. The Kier molecular flexibility index (Phi) is 4.06. The molecule has 0 amide bonds. The van der Waals surface area contributed by atoms with Crippen LogP contribution in [0.2, 0.25) is 10.0 Å². The molecule has 6 nitrogen and oxygen atoms in total. The van der Waals surface area contributed by atoms with E-state index in [1.54, 1.807) is 24.3 Å². The van der Waals surface area contributed by atoms with Gasteiger partial charge in [-0.15, -0.1) is 5.10 Å². The van der Waals surface area contributed by atoms with Crippen molar-refractivity contribution in [3.05, 3.63) is 62.8 Å². The lowest BCUT2D eigenvalue weighted by Crippen LogP contribution is -2.20. The van der Waals surface area contributed by atoms with Crippen LogP contribution in [0.1, 0.15) is 11.7 Å². The lowest BCUT2D eigenvalue weighted by molar-refractivity contribution is 0.148. The Morgan fingerprint density at radius 1 is 1.32 bits per heavy atom. The van der Waals surface area contributed by atoms with Crippen LogP contribution in [0, 0.1) is 0 Å². The summed E-state index contributed by atoms with van der Waals surface area (Å²) in [6.45, 7) is -0.122. The van der Waals surface area contributed by atoms with E-state index in [0.29, 0.717) is 21.4 Å². The van der Waals surface area contributed by atoms with Crippen molar-refractivity contribution in [3.63, 3.8) is 0 Å². The molecule has 0 aliphatic heterocycles. The van der Waals surface area contributed by atoms with Crippen molar-refractivity contribution < 1.29 is 13.9 Å². The van der Waals surface area contributed by atoms with Crippen LogP contribution < -0.4 is 5.76 Å². The summed E-state index contributed by atoms with van der Waals surface area (Å²) in [5, 5.41) is 15.0. The van der Waals surface area contributed by atoms with Crippen molar-refractivity contribution in [1.82, 2.24) is 9.78 Å². The first kappa shape index (κ1) is 14.9. The van der Waals surface area contributed by atoms with Gasteiger partial charge in [0.1, 0.15) is 6.10 Å². The van der Waals surface area contributed by atoms with Crippen LogP contribution in [-0.4, -0.2) is 14.9 Å². The van der Waals surface area contributed by atoms with E-state index in [9.17, 15) is 9.90 Å². The highest BCUT2D eigenvalue weighted by molar-refractivity contribution is 6.33. The predicted molar refractivity (Wildman–Crippen MR) is 79.9 cm³/mol. The van der Waals surface area contributed by atoms with Crippen LogP contribution in [0.15, 0.2) is 50.2 Å². The molecular formula is C14H10Cl2N2O4. The molecule has 1 unspecified atom stereocenters. The molecule has 2 heterocycles. The number of furan rings is 1. The maximum absolute atomic E-state index is 11.8. The highest BCUT2D eigenvalue weighted by Crippen LogP contribution is 2.27. The van der Waals surface area contributed by atoms with Gasteiger partial charge in [-0.1, -0.05) is 23.2 Å². The molecule has 22 heavy (non-hydrogen) atoms. The van der Waals surface area contributed by atoms with Crippen LogP contribution in [0.25, 0.3) is 11.7 Å². The average Bonchev–Trinajstić information content (AvgIpc) is 3.12. The van der Waals surface area contributed by atoms with Gasteiger partial charge in [-0.25, -0.2) is 4.79 Å². The summed E-state index contributed by atoms with van der Waals surface area (Å²) >= 11 is 11.9. The highest BCUT2D eigenvalue weighted by Gasteiger charge is 2.18. The Morgan fingerprint density at radius 2 is 2.14 bits per heavy atom. The lowest BCUT2D eigenvalue weighted by atomic mass is 10.1.